The molecule has 0 bridgehead atoms. The van der Waals surface area contributed by atoms with Crippen molar-refractivity contribution in [3.8, 4) is 11.3 Å². The third-order valence-electron chi connectivity index (χ3n) is 4.56. The lowest BCUT2D eigenvalue weighted by atomic mass is 10.1. The summed E-state index contributed by atoms with van der Waals surface area (Å²) in [6.07, 6.45) is 4.49. The Morgan fingerprint density at radius 3 is 2.79 bits per heavy atom. The van der Waals surface area contributed by atoms with E-state index in [9.17, 15) is 4.79 Å². The zero-order chi connectivity index (χ0) is 18.5. The minimum Gasteiger partial charge on any atom is -0.441 e. The summed E-state index contributed by atoms with van der Waals surface area (Å²) in [5, 5.41) is 4.41. The first kappa shape index (κ1) is 25.1. The van der Waals surface area contributed by atoms with Gasteiger partial charge in [-0.2, -0.15) is 0 Å². The summed E-state index contributed by atoms with van der Waals surface area (Å²) in [5.41, 5.74) is 0.741. The van der Waals surface area contributed by atoms with Crippen molar-refractivity contribution in [2.24, 2.45) is 0 Å². The summed E-state index contributed by atoms with van der Waals surface area (Å²) in [7, 11) is 0. The lowest BCUT2D eigenvalue weighted by molar-refractivity contribution is -0.133. The summed E-state index contributed by atoms with van der Waals surface area (Å²) in [5.74, 6) is 1.28. The Hall–Kier alpha value is -0.980. The van der Waals surface area contributed by atoms with E-state index in [1.54, 1.807) is 24.4 Å². The topological polar surface area (TPSA) is 58.4 Å². The monoisotopic (exact) mass is 467 g/mol. The Bertz CT molecular complexity index is 763. The molecule has 1 aliphatic heterocycles. The molecule has 1 atom stereocenters. The molecule has 1 N–H and O–H groups in total. The van der Waals surface area contributed by atoms with Gasteiger partial charge >= 0.3 is 0 Å². The first-order chi connectivity index (χ1) is 12.6. The number of nitrogens with zero attached hydrogens (tertiary/aromatic N) is 2. The minimum atomic E-state index is 0. The predicted octanol–water partition coefficient (Wildman–Crippen LogP) is 5.03. The molecule has 1 unspecified atom stereocenters. The van der Waals surface area contributed by atoms with Crippen LogP contribution in [0, 0.1) is 0 Å². The van der Waals surface area contributed by atoms with Crippen LogP contribution in [0.15, 0.2) is 28.8 Å². The summed E-state index contributed by atoms with van der Waals surface area (Å²) >= 11 is 12.1. The van der Waals surface area contributed by atoms with Crippen LogP contribution in [0.1, 0.15) is 32.1 Å². The molecule has 1 amide bonds. The fraction of sp³-hybridized carbons (Fsp3) is 0.474. The second-order valence-corrected chi connectivity index (χ2v) is 7.32. The van der Waals surface area contributed by atoms with Gasteiger partial charge in [-0.3, -0.25) is 4.79 Å². The van der Waals surface area contributed by atoms with E-state index in [0.29, 0.717) is 40.6 Å². The van der Waals surface area contributed by atoms with Crippen molar-refractivity contribution in [1.82, 2.24) is 15.2 Å². The van der Waals surface area contributed by atoms with E-state index in [2.05, 4.69) is 17.2 Å². The SMILES string of the molecule is CCCN(C(=O)CCc1ncc(-c2ccc(Cl)cc2Cl)o1)C1CCNC1.Cl.Cl. The molecule has 0 radical (unpaired) electrons. The standard InChI is InChI=1S/C19H23Cl2N3O2.2ClH/c1-2-9-24(14-7-8-22-11-14)19(25)6-5-18-23-12-17(26-18)15-4-3-13(20)10-16(15)21;;/h3-4,10,12,14,22H,2,5-9,11H2,1H3;2*1H. The Balaban J connectivity index is 0.00000196. The summed E-state index contributed by atoms with van der Waals surface area (Å²) in [6.45, 7) is 4.74. The lowest BCUT2D eigenvalue weighted by Crippen LogP contribution is -2.42. The number of oxazole rings is 1. The highest BCUT2D eigenvalue weighted by atomic mass is 35.5. The van der Waals surface area contributed by atoms with Gasteiger partial charge in [-0.05, 0) is 37.6 Å². The van der Waals surface area contributed by atoms with Gasteiger partial charge in [-0.1, -0.05) is 30.1 Å². The highest BCUT2D eigenvalue weighted by molar-refractivity contribution is 6.36. The van der Waals surface area contributed by atoms with E-state index in [0.717, 1.165) is 38.0 Å². The van der Waals surface area contributed by atoms with Crippen LogP contribution in [-0.2, 0) is 11.2 Å². The summed E-state index contributed by atoms with van der Waals surface area (Å²) in [4.78, 5) is 18.9. The Morgan fingerprint density at radius 2 is 2.14 bits per heavy atom. The van der Waals surface area contributed by atoms with Crippen molar-refractivity contribution in [2.75, 3.05) is 19.6 Å². The molecule has 1 aromatic carbocycles. The van der Waals surface area contributed by atoms with Gasteiger partial charge in [0.1, 0.15) is 0 Å². The van der Waals surface area contributed by atoms with E-state index in [-0.39, 0.29) is 30.7 Å². The number of hydrogen-bond acceptors (Lipinski definition) is 4. The molecule has 1 fully saturated rings. The summed E-state index contributed by atoms with van der Waals surface area (Å²) < 4.78 is 5.78. The second-order valence-electron chi connectivity index (χ2n) is 6.48. The quantitative estimate of drug-likeness (QED) is 0.619. The third-order valence-corrected chi connectivity index (χ3v) is 5.11. The molecule has 156 valence electrons. The molecule has 1 aromatic heterocycles. The van der Waals surface area contributed by atoms with E-state index in [4.69, 9.17) is 27.6 Å². The number of nitrogens with one attached hydrogen (secondary N) is 1. The number of aryl methyl sites for hydroxylation is 1. The smallest absolute Gasteiger partial charge is 0.223 e. The van der Waals surface area contributed by atoms with Gasteiger partial charge in [0.2, 0.25) is 5.91 Å². The molecule has 2 heterocycles. The molecule has 28 heavy (non-hydrogen) atoms. The van der Waals surface area contributed by atoms with Crippen molar-refractivity contribution >= 4 is 53.9 Å². The molecular formula is C19H25Cl4N3O2. The van der Waals surface area contributed by atoms with Gasteiger partial charge in [0.25, 0.3) is 0 Å². The Labute approximate surface area is 188 Å². The fourth-order valence-corrected chi connectivity index (χ4v) is 3.76. The predicted molar refractivity (Wildman–Crippen MR) is 118 cm³/mol. The van der Waals surface area contributed by atoms with Gasteiger partial charge in [0.15, 0.2) is 11.7 Å². The molecule has 0 aliphatic carbocycles. The lowest BCUT2D eigenvalue weighted by Gasteiger charge is -2.28. The highest BCUT2D eigenvalue weighted by Gasteiger charge is 2.25. The van der Waals surface area contributed by atoms with E-state index < -0.39 is 0 Å². The molecular weight excluding hydrogens is 444 g/mol. The van der Waals surface area contributed by atoms with E-state index in [1.165, 1.54) is 0 Å². The van der Waals surface area contributed by atoms with Crippen LogP contribution in [0.25, 0.3) is 11.3 Å². The average Bonchev–Trinajstić information content (AvgIpc) is 3.29. The Kier molecular flexibility index (Phi) is 10.6. The van der Waals surface area contributed by atoms with Crippen LogP contribution in [0.5, 0.6) is 0 Å². The molecule has 1 aliphatic rings. The van der Waals surface area contributed by atoms with Crippen LogP contribution in [0.3, 0.4) is 0 Å². The second kappa shape index (κ2) is 11.9. The molecule has 0 saturated carbocycles. The molecule has 2 aromatic rings. The van der Waals surface area contributed by atoms with Crippen LogP contribution < -0.4 is 5.32 Å². The third kappa shape index (κ3) is 6.26. The van der Waals surface area contributed by atoms with Crippen molar-refractivity contribution in [3.63, 3.8) is 0 Å². The zero-order valence-corrected chi connectivity index (χ0v) is 18.8. The number of carbonyl (C=O) groups excluding carboxylic acids is 1. The number of rotatable bonds is 7. The van der Waals surface area contributed by atoms with Crippen LogP contribution in [0.2, 0.25) is 10.0 Å². The van der Waals surface area contributed by atoms with E-state index in [1.807, 2.05) is 4.90 Å². The molecule has 1 saturated heterocycles. The fourth-order valence-electron chi connectivity index (χ4n) is 3.25. The zero-order valence-electron chi connectivity index (χ0n) is 15.6. The van der Waals surface area contributed by atoms with Crippen LogP contribution >= 0.6 is 48.0 Å². The first-order valence-corrected chi connectivity index (χ1v) is 9.74. The van der Waals surface area contributed by atoms with Crippen LogP contribution in [0.4, 0.5) is 0 Å². The molecule has 5 nitrogen and oxygen atoms in total. The molecule has 3 rings (SSSR count). The number of aromatic nitrogens is 1. The Morgan fingerprint density at radius 1 is 1.36 bits per heavy atom. The van der Waals surface area contributed by atoms with Gasteiger partial charge in [-0.15, -0.1) is 24.8 Å². The van der Waals surface area contributed by atoms with Gasteiger partial charge in [0, 0.05) is 42.6 Å². The largest absolute Gasteiger partial charge is 0.441 e. The normalized spacial score (nSPS) is 15.6. The average molecular weight is 469 g/mol. The van der Waals surface area contributed by atoms with E-state index >= 15 is 0 Å². The van der Waals surface area contributed by atoms with Gasteiger partial charge < -0.3 is 14.6 Å². The minimum absolute atomic E-state index is 0. The van der Waals surface area contributed by atoms with Crippen molar-refractivity contribution < 1.29 is 9.21 Å². The van der Waals surface area contributed by atoms with Crippen molar-refractivity contribution in [2.45, 2.75) is 38.6 Å². The van der Waals surface area contributed by atoms with Gasteiger partial charge in [-0.25, -0.2) is 4.98 Å². The first-order valence-electron chi connectivity index (χ1n) is 8.98. The number of benzene rings is 1. The maximum absolute atomic E-state index is 12.7. The van der Waals surface area contributed by atoms with Crippen molar-refractivity contribution in [3.05, 3.63) is 40.3 Å². The molecule has 9 heteroatoms. The number of halogens is 4. The number of amides is 1. The maximum atomic E-state index is 12.7. The highest BCUT2D eigenvalue weighted by Crippen LogP contribution is 2.30. The molecule has 0 spiro atoms. The number of carbonyl (C=O) groups is 1. The van der Waals surface area contributed by atoms with Gasteiger partial charge in [0.05, 0.1) is 11.2 Å². The van der Waals surface area contributed by atoms with Crippen molar-refractivity contribution in [1.29, 1.82) is 0 Å². The summed E-state index contributed by atoms with van der Waals surface area (Å²) in [6, 6.07) is 5.53. The maximum Gasteiger partial charge on any atom is 0.223 e. The number of hydrogen-bond donors (Lipinski definition) is 1. The van der Waals surface area contributed by atoms with Crippen LogP contribution in [-0.4, -0.2) is 41.5 Å².